The van der Waals surface area contributed by atoms with Crippen LogP contribution in [-0.2, 0) is 0 Å². The molecule has 0 fully saturated rings. The van der Waals surface area contributed by atoms with Gasteiger partial charge in [-0.05, 0) is 32.8 Å². The van der Waals surface area contributed by atoms with E-state index >= 15 is 0 Å². The zero-order chi connectivity index (χ0) is 15.1. The van der Waals surface area contributed by atoms with Crippen LogP contribution < -0.4 is 4.74 Å². The summed E-state index contributed by atoms with van der Waals surface area (Å²) < 4.78 is 5.60. The van der Waals surface area contributed by atoms with Gasteiger partial charge in [0, 0.05) is 24.7 Å². The average Bonchev–Trinajstić information content (AvgIpc) is 2.38. The molecule has 1 unspecified atom stereocenters. The molecule has 0 aromatic heterocycles. The third-order valence-corrected chi connectivity index (χ3v) is 3.32. The van der Waals surface area contributed by atoms with Gasteiger partial charge in [0.15, 0.2) is 0 Å². The second-order valence-electron chi connectivity index (χ2n) is 5.93. The minimum Gasteiger partial charge on any atom is -0.493 e. The average molecular weight is 279 g/mol. The molecule has 1 aromatic rings. The molecular formula is C17H29NO2. The lowest BCUT2D eigenvalue weighted by atomic mass is 10.1. The molecule has 0 saturated heterocycles. The Balaban J connectivity index is 2.80. The minimum absolute atomic E-state index is 0.423. The topological polar surface area (TPSA) is 32.7 Å². The summed E-state index contributed by atoms with van der Waals surface area (Å²) in [6, 6.07) is 8.18. The molecule has 1 rings (SSSR count). The van der Waals surface area contributed by atoms with Crippen LogP contribution in [0.2, 0.25) is 0 Å². The Labute approximate surface area is 123 Å². The lowest BCUT2D eigenvalue weighted by Gasteiger charge is -2.30. The van der Waals surface area contributed by atoms with E-state index in [1.54, 1.807) is 0 Å². The number of aliphatic hydroxyl groups is 1. The zero-order valence-corrected chi connectivity index (χ0v) is 13.5. The highest BCUT2D eigenvalue weighted by molar-refractivity contribution is 5.35. The number of benzene rings is 1. The Morgan fingerprint density at radius 3 is 2.30 bits per heavy atom. The molecule has 1 atom stereocenters. The van der Waals surface area contributed by atoms with Gasteiger partial charge in [0.1, 0.15) is 5.75 Å². The van der Waals surface area contributed by atoms with Gasteiger partial charge < -0.3 is 9.84 Å². The van der Waals surface area contributed by atoms with E-state index in [0.717, 1.165) is 17.9 Å². The first kappa shape index (κ1) is 17.0. The van der Waals surface area contributed by atoms with E-state index in [4.69, 9.17) is 4.74 Å². The summed E-state index contributed by atoms with van der Waals surface area (Å²) in [7, 11) is 0. The molecule has 0 bridgehead atoms. The number of rotatable bonds is 8. The lowest BCUT2D eigenvalue weighted by molar-refractivity contribution is 0.0855. The van der Waals surface area contributed by atoms with Crippen molar-refractivity contribution in [2.75, 3.05) is 19.7 Å². The minimum atomic E-state index is -0.515. The molecule has 1 N–H and O–H groups in total. The fourth-order valence-corrected chi connectivity index (χ4v) is 2.33. The van der Waals surface area contributed by atoms with Gasteiger partial charge in [-0.2, -0.15) is 0 Å². The summed E-state index contributed by atoms with van der Waals surface area (Å²) in [5, 5.41) is 10.5. The number of ether oxygens (including phenoxy) is 1. The van der Waals surface area contributed by atoms with E-state index in [1.165, 1.54) is 0 Å². The van der Waals surface area contributed by atoms with Gasteiger partial charge in [0.05, 0.1) is 12.7 Å². The van der Waals surface area contributed by atoms with Gasteiger partial charge in [0.2, 0.25) is 0 Å². The smallest absolute Gasteiger partial charge is 0.125 e. The number of hydrogen-bond donors (Lipinski definition) is 1. The van der Waals surface area contributed by atoms with Crippen molar-refractivity contribution in [1.29, 1.82) is 0 Å². The van der Waals surface area contributed by atoms with E-state index < -0.39 is 6.10 Å². The SMILES string of the molecule is CCOc1ccccc1C(O)CN(CC(C)C)C(C)C. The second kappa shape index (κ2) is 8.28. The van der Waals surface area contributed by atoms with Crippen molar-refractivity contribution in [3.8, 4) is 5.75 Å². The van der Waals surface area contributed by atoms with Gasteiger partial charge in [-0.1, -0.05) is 32.0 Å². The van der Waals surface area contributed by atoms with Crippen LogP contribution in [0.5, 0.6) is 5.75 Å². The third-order valence-electron chi connectivity index (χ3n) is 3.32. The van der Waals surface area contributed by atoms with Crippen LogP contribution in [0.1, 0.15) is 46.3 Å². The third kappa shape index (κ3) is 5.14. The molecule has 0 saturated carbocycles. The van der Waals surface area contributed by atoms with Gasteiger partial charge >= 0.3 is 0 Å². The highest BCUT2D eigenvalue weighted by Crippen LogP contribution is 2.26. The number of aliphatic hydroxyl groups excluding tert-OH is 1. The molecule has 0 aliphatic carbocycles. The summed E-state index contributed by atoms with van der Waals surface area (Å²) in [6.07, 6.45) is -0.515. The van der Waals surface area contributed by atoms with E-state index in [2.05, 4.69) is 32.6 Å². The monoisotopic (exact) mass is 279 g/mol. The van der Waals surface area contributed by atoms with Crippen molar-refractivity contribution >= 4 is 0 Å². The molecule has 0 amide bonds. The van der Waals surface area contributed by atoms with Crippen molar-refractivity contribution in [1.82, 2.24) is 4.90 Å². The first-order valence-corrected chi connectivity index (χ1v) is 7.59. The highest BCUT2D eigenvalue weighted by atomic mass is 16.5. The first-order chi connectivity index (χ1) is 9.45. The largest absolute Gasteiger partial charge is 0.493 e. The number of para-hydroxylation sites is 1. The Morgan fingerprint density at radius 1 is 1.10 bits per heavy atom. The van der Waals surface area contributed by atoms with Crippen molar-refractivity contribution in [3.05, 3.63) is 29.8 Å². The summed E-state index contributed by atoms with van der Waals surface area (Å²) in [5.41, 5.74) is 0.878. The van der Waals surface area contributed by atoms with Gasteiger partial charge in [-0.3, -0.25) is 4.90 Å². The van der Waals surface area contributed by atoms with Crippen molar-refractivity contribution in [2.45, 2.75) is 46.8 Å². The number of hydrogen-bond acceptors (Lipinski definition) is 3. The molecule has 20 heavy (non-hydrogen) atoms. The second-order valence-corrected chi connectivity index (χ2v) is 5.93. The summed E-state index contributed by atoms with van der Waals surface area (Å²) >= 11 is 0. The van der Waals surface area contributed by atoms with E-state index in [-0.39, 0.29) is 0 Å². The summed E-state index contributed by atoms with van der Waals surface area (Å²) in [6.45, 7) is 13.0. The molecular weight excluding hydrogens is 250 g/mol. The maximum atomic E-state index is 10.5. The van der Waals surface area contributed by atoms with E-state index in [0.29, 0.717) is 25.1 Å². The van der Waals surface area contributed by atoms with Crippen LogP contribution in [0.15, 0.2) is 24.3 Å². The van der Waals surface area contributed by atoms with Crippen molar-refractivity contribution in [2.24, 2.45) is 5.92 Å². The first-order valence-electron chi connectivity index (χ1n) is 7.59. The summed E-state index contributed by atoms with van der Waals surface area (Å²) in [4.78, 5) is 2.32. The summed E-state index contributed by atoms with van der Waals surface area (Å²) in [5.74, 6) is 1.38. The maximum Gasteiger partial charge on any atom is 0.125 e. The molecule has 3 nitrogen and oxygen atoms in total. The van der Waals surface area contributed by atoms with Crippen LogP contribution in [0.25, 0.3) is 0 Å². The van der Waals surface area contributed by atoms with Crippen LogP contribution >= 0.6 is 0 Å². The highest BCUT2D eigenvalue weighted by Gasteiger charge is 2.19. The predicted octanol–water partition coefficient (Wildman–Crippen LogP) is 3.49. The fraction of sp³-hybridized carbons (Fsp3) is 0.647. The Kier molecular flexibility index (Phi) is 7.03. The standard InChI is InChI=1S/C17H29NO2/c1-6-20-17-10-8-7-9-15(17)16(19)12-18(14(4)5)11-13(2)3/h7-10,13-14,16,19H,6,11-12H2,1-5H3. The van der Waals surface area contributed by atoms with E-state index in [9.17, 15) is 5.11 Å². The number of nitrogens with zero attached hydrogens (tertiary/aromatic N) is 1. The van der Waals surface area contributed by atoms with Gasteiger partial charge in [-0.15, -0.1) is 0 Å². The molecule has 0 aliphatic rings. The molecule has 0 aliphatic heterocycles. The molecule has 1 aromatic carbocycles. The Bertz CT molecular complexity index is 390. The van der Waals surface area contributed by atoms with Gasteiger partial charge in [-0.25, -0.2) is 0 Å². The molecule has 0 radical (unpaired) electrons. The van der Waals surface area contributed by atoms with E-state index in [1.807, 2.05) is 31.2 Å². The van der Waals surface area contributed by atoms with Crippen LogP contribution in [-0.4, -0.2) is 35.7 Å². The molecule has 114 valence electrons. The normalized spacial score (nSPS) is 13.2. The Morgan fingerprint density at radius 2 is 1.75 bits per heavy atom. The molecule has 0 spiro atoms. The molecule has 3 heteroatoms. The molecule has 0 heterocycles. The maximum absolute atomic E-state index is 10.5. The predicted molar refractivity (Wildman–Crippen MR) is 84.1 cm³/mol. The Hall–Kier alpha value is -1.06. The quantitative estimate of drug-likeness (QED) is 0.790. The fourth-order valence-electron chi connectivity index (χ4n) is 2.33. The lowest BCUT2D eigenvalue weighted by Crippen LogP contribution is -2.37. The van der Waals surface area contributed by atoms with Gasteiger partial charge in [0.25, 0.3) is 0 Å². The van der Waals surface area contributed by atoms with Crippen molar-refractivity contribution < 1.29 is 9.84 Å². The van der Waals surface area contributed by atoms with Crippen LogP contribution in [0.4, 0.5) is 0 Å². The van der Waals surface area contributed by atoms with Crippen molar-refractivity contribution in [3.63, 3.8) is 0 Å². The van der Waals surface area contributed by atoms with Crippen LogP contribution in [0.3, 0.4) is 0 Å². The zero-order valence-electron chi connectivity index (χ0n) is 13.5. The van der Waals surface area contributed by atoms with Crippen LogP contribution in [0, 0.1) is 5.92 Å².